The SMILES string of the molecule is CC(C)(C)c1ccc(C(=O)C2NC(C(=O)O)CS2)cc1. The van der Waals surface area contributed by atoms with Crippen LogP contribution in [0.4, 0.5) is 0 Å². The van der Waals surface area contributed by atoms with Crippen molar-refractivity contribution < 1.29 is 14.7 Å². The lowest BCUT2D eigenvalue weighted by Crippen LogP contribution is -2.39. The van der Waals surface area contributed by atoms with Gasteiger partial charge in [-0.3, -0.25) is 14.9 Å². The van der Waals surface area contributed by atoms with Crippen LogP contribution in [0.15, 0.2) is 24.3 Å². The van der Waals surface area contributed by atoms with Crippen LogP contribution >= 0.6 is 11.8 Å². The minimum Gasteiger partial charge on any atom is -0.480 e. The summed E-state index contributed by atoms with van der Waals surface area (Å²) >= 11 is 1.35. The Bertz CT molecular complexity index is 519. The summed E-state index contributed by atoms with van der Waals surface area (Å²) in [4.78, 5) is 23.2. The van der Waals surface area contributed by atoms with Crippen molar-refractivity contribution >= 4 is 23.5 Å². The van der Waals surface area contributed by atoms with Crippen LogP contribution in [0.5, 0.6) is 0 Å². The molecule has 1 saturated heterocycles. The molecule has 4 nitrogen and oxygen atoms in total. The quantitative estimate of drug-likeness (QED) is 0.837. The Balaban J connectivity index is 2.09. The summed E-state index contributed by atoms with van der Waals surface area (Å²) in [6.07, 6.45) is 0. The summed E-state index contributed by atoms with van der Waals surface area (Å²) in [7, 11) is 0. The van der Waals surface area contributed by atoms with Crippen LogP contribution in [0, 0.1) is 0 Å². The fraction of sp³-hybridized carbons (Fsp3) is 0.467. The summed E-state index contributed by atoms with van der Waals surface area (Å²) in [5.41, 5.74) is 1.84. The van der Waals surface area contributed by atoms with E-state index >= 15 is 0 Å². The van der Waals surface area contributed by atoms with Crippen LogP contribution < -0.4 is 5.32 Å². The second-order valence-corrected chi connectivity index (χ2v) is 7.10. The fourth-order valence-electron chi connectivity index (χ4n) is 2.05. The van der Waals surface area contributed by atoms with E-state index in [2.05, 4.69) is 26.1 Å². The van der Waals surface area contributed by atoms with Crippen LogP contribution in [-0.4, -0.2) is 34.0 Å². The minimum atomic E-state index is -0.907. The Kier molecular flexibility index (Phi) is 4.20. The van der Waals surface area contributed by atoms with E-state index in [4.69, 9.17) is 5.11 Å². The molecule has 1 fully saturated rings. The predicted octanol–water partition coefficient (Wildman–Crippen LogP) is 2.28. The number of rotatable bonds is 3. The molecule has 1 heterocycles. The zero-order valence-electron chi connectivity index (χ0n) is 11.8. The maximum Gasteiger partial charge on any atom is 0.321 e. The van der Waals surface area contributed by atoms with Gasteiger partial charge in [-0.2, -0.15) is 0 Å². The normalized spacial score (nSPS) is 22.8. The Morgan fingerprint density at radius 3 is 2.30 bits per heavy atom. The Labute approximate surface area is 123 Å². The van der Waals surface area contributed by atoms with Gasteiger partial charge in [0, 0.05) is 11.3 Å². The first-order valence-corrected chi connectivity index (χ1v) is 7.59. The van der Waals surface area contributed by atoms with E-state index in [1.54, 1.807) is 0 Å². The van der Waals surface area contributed by atoms with Gasteiger partial charge in [0.05, 0.1) is 0 Å². The average molecular weight is 293 g/mol. The van der Waals surface area contributed by atoms with E-state index in [1.807, 2.05) is 24.3 Å². The average Bonchev–Trinajstić information content (AvgIpc) is 2.86. The largest absolute Gasteiger partial charge is 0.480 e. The van der Waals surface area contributed by atoms with Gasteiger partial charge >= 0.3 is 5.97 Å². The lowest BCUT2D eigenvalue weighted by Gasteiger charge is -2.19. The molecule has 0 amide bonds. The molecule has 1 aliphatic rings. The molecule has 0 bridgehead atoms. The zero-order chi connectivity index (χ0) is 14.9. The Hall–Kier alpha value is -1.33. The van der Waals surface area contributed by atoms with Crippen LogP contribution in [0.25, 0.3) is 0 Å². The number of ketones is 1. The number of carboxylic acid groups (broad SMARTS) is 1. The fourth-order valence-corrected chi connectivity index (χ4v) is 3.22. The number of carbonyl (C=O) groups excluding carboxylic acids is 1. The first kappa shape index (κ1) is 15.1. The monoisotopic (exact) mass is 293 g/mol. The minimum absolute atomic E-state index is 0.0519. The standard InChI is InChI=1S/C15H19NO3S/c1-15(2,3)10-6-4-9(5-7-10)12(17)13-16-11(8-20-13)14(18)19/h4-7,11,13,16H,8H2,1-3H3,(H,18,19). The number of nitrogens with one attached hydrogen (secondary N) is 1. The third-order valence-corrected chi connectivity index (χ3v) is 4.56. The molecule has 2 unspecified atom stereocenters. The molecule has 0 aliphatic carbocycles. The first-order valence-electron chi connectivity index (χ1n) is 6.54. The van der Waals surface area contributed by atoms with Crippen molar-refractivity contribution in [2.75, 3.05) is 5.75 Å². The number of Topliss-reactive ketones (excluding diaryl/α,β-unsaturated/α-hetero) is 1. The molecule has 0 saturated carbocycles. The van der Waals surface area contributed by atoms with Crippen molar-refractivity contribution in [3.8, 4) is 0 Å². The molecule has 2 rings (SSSR count). The van der Waals surface area contributed by atoms with E-state index in [0.717, 1.165) is 0 Å². The number of aliphatic carboxylic acids is 1. The van der Waals surface area contributed by atoms with E-state index in [9.17, 15) is 9.59 Å². The highest BCUT2D eigenvalue weighted by Crippen LogP contribution is 2.25. The first-order chi connectivity index (χ1) is 9.29. The Morgan fingerprint density at radius 1 is 1.25 bits per heavy atom. The van der Waals surface area contributed by atoms with Crippen molar-refractivity contribution in [2.24, 2.45) is 0 Å². The molecule has 0 radical (unpaired) electrons. The highest BCUT2D eigenvalue weighted by molar-refractivity contribution is 8.00. The van der Waals surface area contributed by atoms with Gasteiger partial charge in [0.15, 0.2) is 5.78 Å². The van der Waals surface area contributed by atoms with Crippen LogP contribution in [-0.2, 0) is 10.2 Å². The maximum absolute atomic E-state index is 12.3. The van der Waals surface area contributed by atoms with Crippen molar-refractivity contribution in [1.29, 1.82) is 0 Å². The van der Waals surface area contributed by atoms with Gasteiger partial charge in [-0.1, -0.05) is 45.0 Å². The highest BCUT2D eigenvalue weighted by Gasteiger charge is 2.34. The molecule has 1 aromatic carbocycles. The number of carboxylic acids is 1. The van der Waals surface area contributed by atoms with Crippen molar-refractivity contribution in [2.45, 2.75) is 37.6 Å². The molecule has 2 atom stereocenters. The molecule has 108 valence electrons. The molecular weight excluding hydrogens is 274 g/mol. The molecule has 20 heavy (non-hydrogen) atoms. The van der Waals surface area contributed by atoms with E-state index < -0.39 is 17.4 Å². The van der Waals surface area contributed by atoms with Gasteiger partial charge in [-0.05, 0) is 11.0 Å². The van der Waals surface area contributed by atoms with Crippen LogP contribution in [0.1, 0.15) is 36.7 Å². The van der Waals surface area contributed by atoms with Gasteiger partial charge in [-0.25, -0.2) is 0 Å². The molecular formula is C15H19NO3S. The third-order valence-electron chi connectivity index (χ3n) is 3.35. The third kappa shape index (κ3) is 3.22. The number of hydrogen-bond acceptors (Lipinski definition) is 4. The summed E-state index contributed by atoms with van der Waals surface area (Å²) in [6, 6.07) is 6.92. The van der Waals surface area contributed by atoms with Crippen LogP contribution in [0.2, 0.25) is 0 Å². The van der Waals surface area contributed by atoms with Crippen molar-refractivity contribution in [1.82, 2.24) is 5.32 Å². The molecule has 2 N–H and O–H groups in total. The molecule has 0 spiro atoms. The topological polar surface area (TPSA) is 66.4 Å². The van der Waals surface area contributed by atoms with Gasteiger partial charge < -0.3 is 5.11 Å². The summed E-state index contributed by atoms with van der Waals surface area (Å²) in [6.45, 7) is 6.36. The predicted molar refractivity (Wildman–Crippen MR) is 80.3 cm³/mol. The second-order valence-electron chi connectivity index (χ2n) is 5.96. The second kappa shape index (κ2) is 5.58. The van der Waals surface area contributed by atoms with Crippen molar-refractivity contribution in [3.63, 3.8) is 0 Å². The summed E-state index contributed by atoms with van der Waals surface area (Å²) in [5, 5.41) is 11.3. The van der Waals surface area contributed by atoms with Gasteiger partial charge in [-0.15, -0.1) is 11.8 Å². The number of hydrogen-bond donors (Lipinski definition) is 2. The lowest BCUT2D eigenvalue weighted by atomic mass is 9.86. The van der Waals surface area contributed by atoms with Gasteiger partial charge in [0.1, 0.15) is 11.4 Å². The molecule has 1 aliphatic heterocycles. The number of carbonyl (C=O) groups is 2. The highest BCUT2D eigenvalue weighted by atomic mass is 32.2. The summed E-state index contributed by atoms with van der Waals surface area (Å²) < 4.78 is 0. The zero-order valence-corrected chi connectivity index (χ0v) is 12.7. The smallest absolute Gasteiger partial charge is 0.321 e. The van der Waals surface area contributed by atoms with Crippen molar-refractivity contribution in [3.05, 3.63) is 35.4 Å². The lowest BCUT2D eigenvalue weighted by molar-refractivity contribution is -0.138. The van der Waals surface area contributed by atoms with Crippen LogP contribution in [0.3, 0.4) is 0 Å². The van der Waals surface area contributed by atoms with E-state index in [-0.39, 0.29) is 11.2 Å². The van der Waals surface area contributed by atoms with E-state index in [1.165, 1.54) is 17.3 Å². The summed E-state index contributed by atoms with van der Waals surface area (Å²) in [5.74, 6) is -0.540. The Morgan fingerprint density at radius 2 is 1.85 bits per heavy atom. The van der Waals surface area contributed by atoms with Gasteiger partial charge in [0.2, 0.25) is 0 Å². The number of thioether (sulfide) groups is 1. The molecule has 0 aromatic heterocycles. The maximum atomic E-state index is 12.3. The number of benzene rings is 1. The van der Waals surface area contributed by atoms with Gasteiger partial charge in [0.25, 0.3) is 0 Å². The molecule has 1 aromatic rings. The van der Waals surface area contributed by atoms with E-state index in [0.29, 0.717) is 11.3 Å². The molecule has 5 heteroatoms.